The quantitative estimate of drug-likeness (QED) is 0.746. The van der Waals surface area contributed by atoms with E-state index in [1.54, 1.807) is 6.07 Å². The minimum Gasteiger partial charge on any atom is -0.494 e. The van der Waals surface area contributed by atoms with E-state index in [4.69, 9.17) is 16.3 Å². The molecule has 1 N–H and O–H groups in total. The Bertz CT molecular complexity index is 633. The van der Waals surface area contributed by atoms with Crippen molar-refractivity contribution >= 4 is 37.6 Å². The molecular weight excluding hydrogens is 392 g/mol. The summed E-state index contributed by atoms with van der Waals surface area (Å²) < 4.78 is 33.4. The molecule has 8 heteroatoms. The van der Waals surface area contributed by atoms with Crippen LogP contribution in [0.2, 0.25) is 5.02 Å². The largest absolute Gasteiger partial charge is 0.494 e. The SMILES string of the molecule is COc1c(Br)cc(Cl)cc1S(=O)(=O)NCC(C)(C)CN(C)C. The molecule has 0 radical (unpaired) electrons. The Morgan fingerprint density at radius 3 is 2.45 bits per heavy atom. The van der Waals surface area contributed by atoms with Gasteiger partial charge in [0.2, 0.25) is 10.0 Å². The zero-order valence-electron chi connectivity index (χ0n) is 13.4. The molecule has 126 valence electrons. The molecule has 0 saturated heterocycles. The molecule has 1 rings (SSSR count). The number of benzene rings is 1. The summed E-state index contributed by atoms with van der Waals surface area (Å²) in [5.41, 5.74) is -0.209. The number of methoxy groups -OCH3 is 1. The van der Waals surface area contributed by atoms with Crippen LogP contribution in [0.5, 0.6) is 5.75 Å². The van der Waals surface area contributed by atoms with Crippen molar-refractivity contribution in [3.63, 3.8) is 0 Å². The summed E-state index contributed by atoms with van der Waals surface area (Å²) in [5, 5.41) is 0.320. The van der Waals surface area contributed by atoms with Crippen molar-refractivity contribution in [1.29, 1.82) is 0 Å². The second kappa shape index (κ2) is 7.49. The molecule has 22 heavy (non-hydrogen) atoms. The van der Waals surface area contributed by atoms with Gasteiger partial charge in [0.1, 0.15) is 4.90 Å². The van der Waals surface area contributed by atoms with E-state index >= 15 is 0 Å². The third-order valence-corrected chi connectivity index (χ3v) is 5.17. The molecular formula is C14H22BrClN2O3S. The highest BCUT2D eigenvalue weighted by Gasteiger charge is 2.26. The Balaban J connectivity index is 3.06. The van der Waals surface area contributed by atoms with Crippen LogP contribution in [-0.2, 0) is 10.0 Å². The fourth-order valence-electron chi connectivity index (χ4n) is 2.21. The molecule has 0 bridgehead atoms. The van der Waals surface area contributed by atoms with E-state index in [0.717, 1.165) is 6.54 Å². The van der Waals surface area contributed by atoms with E-state index in [9.17, 15) is 8.42 Å². The lowest BCUT2D eigenvalue weighted by Gasteiger charge is -2.28. The van der Waals surface area contributed by atoms with Crippen molar-refractivity contribution in [1.82, 2.24) is 9.62 Å². The molecule has 0 unspecified atom stereocenters. The molecule has 0 spiro atoms. The first kappa shape index (κ1) is 19.7. The van der Waals surface area contributed by atoms with Gasteiger partial charge in [0, 0.05) is 18.1 Å². The summed E-state index contributed by atoms with van der Waals surface area (Å²) in [4.78, 5) is 2.04. The van der Waals surface area contributed by atoms with Crippen molar-refractivity contribution in [3.8, 4) is 5.75 Å². The predicted octanol–water partition coefficient (Wildman–Crippen LogP) is 2.98. The van der Waals surface area contributed by atoms with Gasteiger partial charge in [-0.1, -0.05) is 25.4 Å². The molecule has 0 heterocycles. The first-order valence-electron chi connectivity index (χ1n) is 6.66. The van der Waals surface area contributed by atoms with Gasteiger partial charge in [-0.15, -0.1) is 0 Å². The molecule has 0 aliphatic carbocycles. The average molecular weight is 414 g/mol. The lowest BCUT2D eigenvalue weighted by molar-refractivity contribution is 0.242. The molecule has 0 atom stereocenters. The van der Waals surface area contributed by atoms with Gasteiger partial charge in [-0.3, -0.25) is 0 Å². The maximum Gasteiger partial charge on any atom is 0.244 e. The van der Waals surface area contributed by atoms with Crippen molar-refractivity contribution in [3.05, 3.63) is 21.6 Å². The summed E-state index contributed by atoms with van der Waals surface area (Å²) >= 11 is 9.23. The Labute approximate surface area is 146 Å². The van der Waals surface area contributed by atoms with Gasteiger partial charge in [0.25, 0.3) is 0 Å². The zero-order valence-corrected chi connectivity index (χ0v) is 16.6. The van der Waals surface area contributed by atoms with Crippen LogP contribution in [-0.4, -0.2) is 47.6 Å². The third kappa shape index (κ3) is 5.38. The maximum atomic E-state index is 12.6. The minimum atomic E-state index is -3.72. The van der Waals surface area contributed by atoms with Gasteiger partial charge in [-0.2, -0.15) is 0 Å². The fraction of sp³-hybridized carbons (Fsp3) is 0.571. The number of rotatable bonds is 7. The van der Waals surface area contributed by atoms with Crippen molar-refractivity contribution < 1.29 is 13.2 Å². The fourth-order valence-corrected chi connectivity index (χ4v) is 4.84. The molecule has 0 saturated carbocycles. The lowest BCUT2D eigenvalue weighted by atomic mass is 9.93. The average Bonchev–Trinajstić information content (AvgIpc) is 2.34. The summed E-state index contributed by atoms with van der Waals surface area (Å²) in [5.74, 6) is 0.238. The van der Waals surface area contributed by atoms with Gasteiger partial charge in [-0.25, -0.2) is 13.1 Å². The number of ether oxygens (including phenoxy) is 1. The summed E-state index contributed by atoms with van der Waals surface area (Å²) in [7, 11) is 1.60. The Morgan fingerprint density at radius 2 is 1.95 bits per heavy atom. The number of sulfonamides is 1. The van der Waals surface area contributed by atoms with Crippen molar-refractivity contribution in [2.75, 3.05) is 34.3 Å². The van der Waals surface area contributed by atoms with E-state index in [-0.39, 0.29) is 16.1 Å². The Kier molecular flexibility index (Phi) is 6.71. The normalized spacial score (nSPS) is 12.7. The van der Waals surface area contributed by atoms with Gasteiger partial charge in [-0.05, 0) is 47.6 Å². The molecule has 0 aliphatic rings. The summed E-state index contributed by atoms with van der Waals surface area (Å²) in [6, 6.07) is 2.97. The van der Waals surface area contributed by atoms with Crippen LogP contribution in [0.4, 0.5) is 0 Å². The standard InChI is InChI=1S/C14H22BrClN2O3S/c1-14(2,9-18(3)4)8-17-22(19,20)12-7-10(16)6-11(15)13(12)21-5/h6-7,17H,8-9H2,1-5H3. The molecule has 0 fully saturated rings. The highest BCUT2D eigenvalue weighted by molar-refractivity contribution is 9.10. The zero-order chi connectivity index (χ0) is 17.1. The molecule has 0 amide bonds. The van der Waals surface area contributed by atoms with E-state index < -0.39 is 10.0 Å². The lowest BCUT2D eigenvalue weighted by Crippen LogP contribution is -2.40. The molecule has 1 aromatic carbocycles. The second-order valence-corrected chi connectivity index (χ2v) is 9.17. The maximum absolute atomic E-state index is 12.6. The first-order chi connectivity index (χ1) is 9.98. The minimum absolute atomic E-state index is 0.0232. The topological polar surface area (TPSA) is 58.6 Å². The van der Waals surface area contributed by atoms with Crippen molar-refractivity contribution in [2.24, 2.45) is 5.41 Å². The van der Waals surface area contributed by atoms with E-state index in [1.165, 1.54) is 13.2 Å². The molecule has 0 aromatic heterocycles. The second-order valence-electron chi connectivity index (χ2n) is 6.15. The smallest absolute Gasteiger partial charge is 0.244 e. The number of hydrogen-bond donors (Lipinski definition) is 1. The predicted molar refractivity (Wildman–Crippen MR) is 93.2 cm³/mol. The molecule has 0 aliphatic heterocycles. The van der Waals surface area contributed by atoms with Crippen LogP contribution in [0.25, 0.3) is 0 Å². The highest BCUT2D eigenvalue weighted by atomic mass is 79.9. The van der Waals surface area contributed by atoms with E-state index in [1.807, 2.05) is 32.8 Å². The van der Waals surface area contributed by atoms with E-state index in [0.29, 0.717) is 16.0 Å². The third-order valence-electron chi connectivity index (χ3n) is 2.95. The van der Waals surface area contributed by atoms with Crippen LogP contribution in [0.15, 0.2) is 21.5 Å². The van der Waals surface area contributed by atoms with Crippen molar-refractivity contribution in [2.45, 2.75) is 18.7 Å². The van der Waals surface area contributed by atoms with Gasteiger partial charge < -0.3 is 9.64 Å². The Morgan fingerprint density at radius 1 is 1.36 bits per heavy atom. The van der Waals surface area contributed by atoms with Gasteiger partial charge >= 0.3 is 0 Å². The number of nitrogens with one attached hydrogen (secondary N) is 1. The molecule has 1 aromatic rings. The number of nitrogens with zero attached hydrogens (tertiary/aromatic N) is 1. The van der Waals surface area contributed by atoms with Crippen LogP contribution in [0, 0.1) is 5.41 Å². The Hall–Kier alpha value is -0.340. The van der Waals surface area contributed by atoms with E-state index in [2.05, 4.69) is 20.7 Å². The summed E-state index contributed by atoms with van der Waals surface area (Å²) in [6.45, 7) is 5.06. The monoisotopic (exact) mass is 412 g/mol. The molecule has 5 nitrogen and oxygen atoms in total. The van der Waals surface area contributed by atoms with Gasteiger partial charge in [0.05, 0.1) is 11.6 Å². The van der Waals surface area contributed by atoms with Gasteiger partial charge in [0.15, 0.2) is 5.75 Å². The highest BCUT2D eigenvalue weighted by Crippen LogP contribution is 2.35. The first-order valence-corrected chi connectivity index (χ1v) is 9.31. The number of halogens is 2. The van der Waals surface area contributed by atoms with Crippen LogP contribution in [0.3, 0.4) is 0 Å². The summed E-state index contributed by atoms with van der Waals surface area (Å²) in [6.07, 6.45) is 0. The van der Waals surface area contributed by atoms with Crippen LogP contribution < -0.4 is 9.46 Å². The van der Waals surface area contributed by atoms with Crippen LogP contribution >= 0.6 is 27.5 Å². The number of hydrogen-bond acceptors (Lipinski definition) is 4. The van der Waals surface area contributed by atoms with Crippen LogP contribution in [0.1, 0.15) is 13.8 Å².